The van der Waals surface area contributed by atoms with Crippen molar-refractivity contribution in [1.29, 1.82) is 0 Å². The van der Waals surface area contributed by atoms with Crippen molar-refractivity contribution in [2.45, 2.75) is 12.3 Å². The van der Waals surface area contributed by atoms with Crippen LogP contribution < -0.4 is 4.74 Å². The molecule has 0 bridgehead atoms. The zero-order valence-corrected chi connectivity index (χ0v) is 12.6. The van der Waals surface area contributed by atoms with E-state index in [-0.39, 0.29) is 11.7 Å². The largest absolute Gasteiger partial charge is 0.496 e. The SMILES string of the molecule is COc1ccc(Cl)cc1CC(CCl)c1ccc(F)cc1. The van der Waals surface area contributed by atoms with Crippen LogP contribution in [0.5, 0.6) is 5.75 Å². The van der Waals surface area contributed by atoms with Crippen LogP contribution >= 0.6 is 23.2 Å². The Balaban J connectivity index is 2.26. The van der Waals surface area contributed by atoms with E-state index in [0.29, 0.717) is 17.3 Å². The number of benzene rings is 2. The fourth-order valence-corrected chi connectivity index (χ4v) is 2.65. The van der Waals surface area contributed by atoms with Gasteiger partial charge in [0.1, 0.15) is 11.6 Å². The molecule has 4 heteroatoms. The summed E-state index contributed by atoms with van der Waals surface area (Å²) in [6.45, 7) is 0. The second-order valence-corrected chi connectivity index (χ2v) is 5.31. The molecule has 0 N–H and O–H groups in total. The summed E-state index contributed by atoms with van der Waals surface area (Å²) < 4.78 is 18.3. The van der Waals surface area contributed by atoms with Crippen molar-refractivity contribution in [3.8, 4) is 5.75 Å². The minimum atomic E-state index is -0.248. The summed E-state index contributed by atoms with van der Waals surface area (Å²) in [4.78, 5) is 0. The Morgan fingerprint density at radius 1 is 1.15 bits per heavy atom. The Hall–Kier alpha value is -1.25. The van der Waals surface area contributed by atoms with Gasteiger partial charge in [-0.15, -0.1) is 11.6 Å². The minimum absolute atomic E-state index is 0.0876. The van der Waals surface area contributed by atoms with Crippen molar-refractivity contribution < 1.29 is 9.13 Å². The Morgan fingerprint density at radius 3 is 2.45 bits per heavy atom. The summed E-state index contributed by atoms with van der Waals surface area (Å²) in [6, 6.07) is 11.9. The molecule has 2 rings (SSSR count). The molecule has 0 aliphatic rings. The van der Waals surface area contributed by atoms with Crippen molar-refractivity contribution in [3.05, 3.63) is 64.4 Å². The van der Waals surface area contributed by atoms with Gasteiger partial charge in [-0.05, 0) is 47.9 Å². The molecule has 2 aromatic carbocycles. The zero-order chi connectivity index (χ0) is 14.5. The maximum absolute atomic E-state index is 13.0. The first-order chi connectivity index (χ1) is 9.63. The third-order valence-corrected chi connectivity index (χ3v) is 3.84. The molecular weight excluding hydrogens is 298 g/mol. The number of hydrogen-bond acceptors (Lipinski definition) is 1. The van der Waals surface area contributed by atoms with Crippen LogP contribution in [-0.4, -0.2) is 13.0 Å². The van der Waals surface area contributed by atoms with Crippen molar-refractivity contribution >= 4 is 23.2 Å². The van der Waals surface area contributed by atoms with Crippen LogP contribution in [0, 0.1) is 5.82 Å². The van der Waals surface area contributed by atoms with E-state index in [1.807, 2.05) is 12.1 Å². The lowest BCUT2D eigenvalue weighted by Crippen LogP contribution is -2.06. The van der Waals surface area contributed by atoms with Crippen LogP contribution in [0.1, 0.15) is 17.0 Å². The number of methoxy groups -OCH3 is 1. The molecule has 106 valence electrons. The first-order valence-electron chi connectivity index (χ1n) is 6.28. The topological polar surface area (TPSA) is 9.23 Å². The van der Waals surface area contributed by atoms with Crippen molar-refractivity contribution in [1.82, 2.24) is 0 Å². The van der Waals surface area contributed by atoms with Crippen LogP contribution in [0.2, 0.25) is 5.02 Å². The fraction of sp³-hybridized carbons (Fsp3) is 0.250. The first kappa shape index (κ1) is 15.1. The van der Waals surface area contributed by atoms with E-state index in [4.69, 9.17) is 27.9 Å². The molecule has 0 heterocycles. The Morgan fingerprint density at radius 2 is 1.85 bits per heavy atom. The van der Waals surface area contributed by atoms with Crippen LogP contribution in [0.25, 0.3) is 0 Å². The predicted molar refractivity (Wildman–Crippen MR) is 81.6 cm³/mol. The molecule has 0 aliphatic carbocycles. The average molecular weight is 313 g/mol. The number of ether oxygens (including phenoxy) is 1. The lowest BCUT2D eigenvalue weighted by molar-refractivity contribution is 0.408. The van der Waals surface area contributed by atoms with Gasteiger partial charge in [-0.3, -0.25) is 0 Å². The molecule has 1 unspecified atom stereocenters. The molecule has 0 aromatic heterocycles. The zero-order valence-electron chi connectivity index (χ0n) is 11.1. The van der Waals surface area contributed by atoms with Crippen LogP contribution in [0.3, 0.4) is 0 Å². The van der Waals surface area contributed by atoms with Gasteiger partial charge in [-0.2, -0.15) is 0 Å². The highest BCUT2D eigenvalue weighted by atomic mass is 35.5. The second-order valence-electron chi connectivity index (χ2n) is 4.56. The molecular formula is C16H15Cl2FO. The molecule has 1 nitrogen and oxygen atoms in total. The number of halogens is 3. The van der Waals surface area contributed by atoms with E-state index < -0.39 is 0 Å². The molecule has 2 aromatic rings. The van der Waals surface area contributed by atoms with E-state index in [1.54, 1.807) is 25.3 Å². The Bertz CT molecular complexity index is 569. The van der Waals surface area contributed by atoms with Gasteiger partial charge < -0.3 is 4.74 Å². The predicted octanol–water partition coefficient (Wildman–Crippen LogP) is 5.05. The van der Waals surface area contributed by atoms with Crippen molar-refractivity contribution in [2.75, 3.05) is 13.0 Å². The molecule has 0 spiro atoms. The van der Waals surface area contributed by atoms with Crippen LogP contribution in [0.15, 0.2) is 42.5 Å². The summed E-state index contributed by atoms with van der Waals surface area (Å²) in [7, 11) is 1.63. The number of alkyl halides is 1. The Labute approximate surface area is 128 Å². The third-order valence-electron chi connectivity index (χ3n) is 3.24. The normalized spacial score (nSPS) is 12.2. The van der Waals surface area contributed by atoms with Gasteiger partial charge in [0.25, 0.3) is 0 Å². The van der Waals surface area contributed by atoms with Crippen LogP contribution in [-0.2, 0) is 6.42 Å². The van der Waals surface area contributed by atoms with Gasteiger partial charge in [0.05, 0.1) is 7.11 Å². The smallest absolute Gasteiger partial charge is 0.123 e. The van der Waals surface area contributed by atoms with E-state index >= 15 is 0 Å². The summed E-state index contributed by atoms with van der Waals surface area (Å²) >= 11 is 12.1. The molecule has 0 radical (unpaired) electrons. The first-order valence-corrected chi connectivity index (χ1v) is 7.19. The minimum Gasteiger partial charge on any atom is -0.496 e. The van der Waals surface area contributed by atoms with E-state index in [2.05, 4.69) is 0 Å². The van der Waals surface area contributed by atoms with E-state index in [9.17, 15) is 4.39 Å². The van der Waals surface area contributed by atoms with Crippen LogP contribution in [0.4, 0.5) is 4.39 Å². The van der Waals surface area contributed by atoms with E-state index in [1.165, 1.54) is 12.1 Å². The van der Waals surface area contributed by atoms with Gasteiger partial charge in [0.15, 0.2) is 0 Å². The molecule has 0 aliphatic heterocycles. The van der Waals surface area contributed by atoms with Crippen molar-refractivity contribution in [2.24, 2.45) is 0 Å². The molecule has 1 atom stereocenters. The summed E-state index contributed by atoms with van der Waals surface area (Å²) in [5.41, 5.74) is 2.00. The van der Waals surface area contributed by atoms with E-state index in [0.717, 1.165) is 16.9 Å². The highest BCUT2D eigenvalue weighted by Gasteiger charge is 2.14. The van der Waals surface area contributed by atoms with Gasteiger partial charge in [-0.1, -0.05) is 23.7 Å². The van der Waals surface area contributed by atoms with Gasteiger partial charge in [0.2, 0.25) is 0 Å². The summed E-state index contributed by atoms with van der Waals surface area (Å²) in [5.74, 6) is 1.07. The van der Waals surface area contributed by atoms with Gasteiger partial charge in [0, 0.05) is 16.8 Å². The average Bonchev–Trinajstić information content (AvgIpc) is 2.46. The van der Waals surface area contributed by atoms with Crippen molar-refractivity contribution in [3.63, 3.8) is 0 Å². The molecule has 0 saturated heterocycles. The summed E-state index contributed by atoms with van der Waals surface area (Å²) in [6.07, 6.45) is 0.693. The van der Waals surface area contributed by atoms with Gasteiger partial charge in [-0.25, -0.2) is 4.39 Å². The Kier molecular flexibility index (Phi) is 5.27. The maximum Gasteiger partial charge on any atom is 0.123 e. The number of rotatable bonds is 5. The lowest BCUT2D eigenvalue weighted by Gasteiger charge is -2.17. The molecule has 20 heavy (non-hydrogen) atoms. The van der Waals surface area contributed by atoms with Gasteiger partial charge >= 0.3 is 0 Å². The quantitative estimate of drug-likeness (QED) is 0.702. The highest BCUT2D eigenvalue weighted by Crippen LogP contribution is 2.29. The highest BCUT2D eigenvalue weighted by molar-refractivity contribution is 6.30. The fourth-order valence-electron chi connectivity index (χ4n) is 2.17. The monoisotopic (exact) mass is 312 g/mol. The lowest BCUT2D eigenvalue weighted by atomic mass is 9.93. The molecule has 0 saturated carbocycles. The third kappa shape index (κ3) is 3.65. The molecule has 0 amide bonds. The standard InChI is InChI=1S/C16H15Cl2FO/c1-20-16-7-4-14(18)9-12(16)8-13(10-17)11-2-5-15(19)6-3-11/h2-7,9,13H,8,10H2,1H3. The summed E-state index contributed by atoms with van der Waals surface area (Å²) in [5, 5.41) is 0.660. The molecule has 0 fully saturated rings. The second kappa shape index (κ2) is 6.96. The maximum atomic E-state index is 13.0. The number of hydrogen-bond donors (Lipinski definition) is 0.